The number of halogens is 1. The number of allylic oxidation sites excluding steroid dienone is 1. The van der Waals surface area contributed by atoms with Crippen molar-refractivity contribution in [2.24, 2.45) is 5.73 Å². The van der Waals surface area contributed by atoms with E-state index in [-0.39, 0.29) is 0 Å². The van der Waals surface area contributed by atoms with Gasteiger partial charge in [-0.3, -0.25) is 9.69 Å². The third-order valence-corrected chi connectivity index (χ3v) is 6.26. The first kappa shape index (κ1) is 23.5. The van der Waals surface area contributed by atoms with Crippen molar-refractivity contribution < 1.29 is 18.7 Å². The Balaban J connectivity index is 1.78. The van der Waals surface area contributed by atoms with E-state index in [9.17, 15) is 14.4 Å². The molecule has 8 nitrogen and oxygen atoms in total. The van der Waals surface area contributed by atoms with Crippen molar-refractivity contribution >= 4 is 11.6 Å². The summed E-state index contributed by atoms with van der Waals surface area (Å²) in [6.07, 6.45) is 1.71. The van der Waals surface area contributed by atoms with E-state index in [0.717, 1.165) is 11.3 Å². The molecule has 1 amide bonds. The number of ether oxygens (including phenoxy) is 2. The van der Waals surface area contributed by atoms with E-state index in [0.29, 0.717) is 65.8 Å². The predicted octanol–water partition coefficient (Wildman–Crippen LogP) is 3.01. The smallest absolute Gasteiger partial charge is 0.247 e. The monoisotopic (exact) mass is 465 g/mol. The molecule has 1 saturated heterocycles. The second-order valence-electron chi connectivity index (χ2n) is 9.04. The van der Waals surface area contributed by atoms with Crippen LogP contribution >= 0.6 is 0 Å². The second kappa shape index (κ2) is 8.95. The number of aryl methyl sites for hydroxylation is 1. The molecule has 9 heteroatoms. The molecule has 1 aromatic carbocycles. The van der Waals surface area contributed by atoms with Crippen LogP contribution in [0.1, 0.15) is 42.0 Å². The number of carbonyl (C=O) groups excluding carboxylic acids is 1. The summed E-state index contributed by atoms with van der Waals surface area (Å²) >= 11 is 0. The van der Waals surface area contributed by atoms with Gasteiger partial charge in [-0.15, -0.1) is 0 Å². The number of hydrogen-bond donors (Lipinski definition) is 2. The lowest BCUT2D eigenvalue weighted by molar-refractivity contribution is -0.114. The Labute approximate surface area is 198 Å². The number of benzene rings is 1. The first-order chi connectivity index (χ1) is 16.1. The number of carbonyl (C=O) groups is 1. The van der Waals surface area contributed by atoms with Crippen LogP contribution in [0.3, 0.4) is 0 Å². The number of anilines is 1. The number of nitrogens with two attached hydrogens (primary N) is 1. The molecule has 34 heavy (non-hydrogen) atoms. The SMILES string of the molecule is COc1cc(C#N)ccc1[C@@H]1C(C(N)=O)=C(C)Nc2c(C)cnc(OCCN3CC(C)(F)C3)c21. The number of primary amides is 1. The molecule has 178 valence electrons. The van der Waals surface area contributed by atoms with Crippen LogP contribution in [0.25, 0.3) is 0 Å². The molecule has 0 unspecified atom stereocenters. The fraction of sp³-hybridized carbons (Fsp3) is 0.400. The maximum absolute atomic E-state index is 13.8. The third-order valence-electron chi connectivity index (χ3n) is 6.26. The van der Waals surface area contributed by atoms with Gasteiger partial charge in [-0.1, -0.05) is 6.07 Å². The van der Waals surface area contributed by atoms with Gasteiger partial charge in [0.2, 0.25) is 11.8 Å². The number of hydrogen-bond acceptors (Lipinski definition) is 7. The van der Waals surface area contributed by atoms with Gasteiger partial charge >= 0.3 is 0 Å². The zero-order valence-corrected chi connectivity index (χ0v) is 19.7. The van der Waals surface area contributed by atoms with Gasteiger partial charge in [0.15, 0.2) is 0 Å². The number of rotatable bonds is 7. The normalized spacial score (nSPS) is 18.9. The Morgan fingerprint density at radius 2 is 2.15 bits per heavy atom. The number of nitriles is 1. The summed E-state index contributed by atoms with van der Waals surface area (Å²) in [5.74, 6) is -0.377. The van der Waals surface area contributed by atoms with Crippen LogP contribution in [-0.2, 0) is 4.79 Å². The Morgan fingerprint density at radius 3 is 2.76 bits per heavy atom. The molecule has 2 aromatic rings. The quantitative estimate of drug-likeness (QED) is 0.646. The Kier molecular flexibility index (Phi) is 6.19. The number of aromatic nitrogens is 1. The topological polar surface area (TPSA) is 113 Å². The molecule has 0 bridgehead atoms. The van der Waals surface area contributed by atoms with Crippen LogP contribution in [0.4, 0.5) is 10.1 Å². The molecule has 3 N–H and O–H groups in total. The van der Waals surface area contributed by atoms with Gasteiger partial charge in [0, 0.05) is 42.7 Å². The summed E-state index contributed by atoms with van der Waals surface area (Å²) in [5.41, 5.74) is 9.10. The lowest BCUT2D eigenvalue weighted by Gasteiger charge is -2.42. The maximum Gasteiger partial charge on any atom is 0.247 e. The number of likely N-dealkylation sites (tertiary alicyclic amines) is 1. The standard InChI is InChI=1S/C25H28FN5O3/c1-14-11-29-24(34-8-7-31-12-25(3,26)13-31)21-20(19(23(28)32)15(2)30-22(14)21)17-6-5-16(10-27)9-18(17)33-4/h5-6,9,11,20,30H,7-8,12-13H2,1-4H3,(H2,28,32)/t20-/m1/s1. The predicted molar refractivity (Wildman–Crippen MR) is 125 cm³/mol. The highest BCUT2D eigenvalue weighted by Crippen LogP contribution is 2.48. The molecule has 0 aliphatic carbocycles. The van der Waals surface area contributed by atoms with Gasteiger partial charge < -0.3 is 20.5 Å². The lowest BCUT2D eigenvalue weighted by atomic mass is 9.79. The molecule has 1 atom stereocenters. The first-order valence-electron chi connectivity index (χ1n) is 11.0. The minimum Gasteiger partial charge on any atom is -0.496 e. The minimum atomic E-state index is -1.15. The summed E-state index contributed by atoms with van der Waals surface area (Å²) in [6, 6.07) is 7.18. The van der Waals surface area contributed by atoms with E-state index in [1.54, 1.807) is 38.2 Å². The van der Waals surface area contributed by atoms with Crippen LogP contribution < -0.4 is 20.5 Å². The first-order valence-corrected chi connectivity index (χ1v) is 11.0. The number of pyridine rings is 1. The van der Waals surface area contributed by atoms with E-state index in [2.05, 4.69) is 16.4 Å². The number of nitrogens with one attached hydrogen (secondary N) is 1. The average Bonchev–Trinajstić information content (AvgIpc) is 2.78. The van der Waals surface area contributed by atoms with Gasteiger partial charge in [0.05, 0.1) is 35.9 Å². The molecule has 2 aliphatic heterocycles. The Morgan fingerprint density at radius 1 is 1.41 bits per heavy atom. The largest absolute Gasteiger partial charge is 0.496 e. The number of nitrogens with zero attached hydrogens (tertiary/aromatic N) is 3. The zero-order chi connectivity index (χ0) is 24.6. The summed E-state index contributed by atoms with van der Waals surface area (Å²) < 4.78 is 25.5. The van der Waals surface area contributed by atoms with Crippen LogP contribution in [0.15, 0.2) is 35.7 Å². The molecular formula is C25H28FN5O3. The number of alkyl halides is 1. The van der Waals surface area contributed by atoms with E-state index in [1.807, 2.05) is 11.8 Å². The van der Waals surface area contributed by atoms with Crippen LogP contribution in [0, 0.1) is 18.3 Å². The zero-order valence-electron chi connectivity index (χ0n) is 19.7. The molecule has 0 spiro atoms. The van der Waals surface area contributed by atoms with Gasteiger partial charge in [0.25, 0.3) is 0 Å². The van der Waals surface area contributed by atoms with Crippen molar-refractivity contribution in [1.82, 2.24) is 9.88 Å². The summed E-state index contributed by atoms with van der Waals surface area (Å²) in [7, 11) is 1.51. The number of amides is 1. The van der Waals surface area contributed by atoms with Gasteiger partial charge in [0.1, 0.15) is 18.0 Å². The van der Waals surface area contributed by atoms with Crippen LogP contribution in [0.5, 0.6) is 11.6 Å². The summed E-state index contributed by atoms with van der Waals surface area (Å²) in [4.78, 5) is 19.1. The van der Waals surface area contributed by atoms with Gasteiger partial charge in [-0.2, -0.15) is 5.26 Å². The van der Waals surface area contributed by atoms with Crippen LogP contribution in [-0.4, -0.2) is 54.8 Å². The highest BCUT2D eigenvalue weighted by Gasteiger charge is 2.39. The van der Waals surface area contributed by atoms with Crippen molar-refractivity contribution in [3.05, 3.63) is 57.9 Å². The van der Waals surface area contributed by atoms with E-state index in [4.69, 9.17) is 15.2 Å². The lowest BCUT2D eigenvalue weighted by Crippen LogP contribution is -2.57. The van der Waals surface area contributed by atoms with E-state index >= 15 is 0 Å². The summed E-state index contributed by atoms with van der Waals surface area (Å²) in [6.45, 7) is 6.91. The highest BCUT2D eigenvalue weighted by molar-refractivity contribution is 5.98. The molecular weight excluding hydrogens is 437 g/mol. The number of fused-ring (bicyclic) bond motifs is 1. The Hall–Kier alpha value is -3.64. The highest BCUT2D eigenvalue weighted by atomic mass is 19.1. The second-order valence-corrected chi connectivity index (χ2v) is 9.04. The van der Waals surface area contributed by atoms with Crippen molar-refractivity contribution in [3.63, 3.8) is 0 Å². The molecule has 4 rings (SSSR count). The fourth-order valence-corrected chi connectivity index (χ4v) is 4.75. The van der Waals surface area contributed by atoms with Crippen LogP contribution in [0.2, 0.25) is 0 Å². The molecule has 1 aromatic heterocycles. The average molecular weight is 466 g/mol. The van der Waals surface area contributed by atoms with Crippen molar-refractivity contribution in [1.29, 1.82) is 5.26 Å². The third kappa shape index (κ3) is 4.29. The van der Waals surface area contributed by atoms with Crippen molar-refractivity contribution in [2.75, 3.05) is 38.7 Å². The van der Waals surface area contributed by atoms with E-state index < -0.39 is 17.5 Å². The minimum absolute atomic E-state index is 0.310. The van der Waals surface area contributed by atoms with Crippen molar-refractivity contribution in [2.45, 2.75) is 32.4 Å². The molecule has 1 fully saturated rings. The van der Waals surface area contributed by atoms with E-state index in [1.165, 1.54) is 7.11 Å². The number of methoxy groups -OCH3 is 1. The summed E-state index contributed by atoms with van der Waals surface area (Å²) in [5, 5.41) is 12.6. The molecule has 0 saturated carbocycles. The van der Waals surface area contributed by atoms with Crippen molar-refractivity contribution in [3.8, 4) is 17.7 Å². The molecule has 0 radical (unpaired) electrons. The maximum atomic E-state index is 13.8. The van der Waals surface area contributed by atoms with Gasteiger partial charge in [-0.25, -0.2) is 9.37 Å². The molecule has 2 aliphatic rings. The fourth-order valence-electron chi connectivity index (χ4n) is 4.75. The van der Waals surface area contributed by atoms with Gasteiger partial charge in [-0.05, 0) is 38.5 Å². The molecule has 3 heterocycles. The Bertz CT molecular complexity index is 1210.